The van der Waals surface area contributed by atoms with Crippen molar-refractivity contribution in [3.8, 4) is 0 Å². The van der Waals surface area contributed by atoms with Crippen LogP contribution in [0.15, 0.2) is 36.4 Å². The number of piperidine rings is 1. The first-order chi connectivity index (χ1) is 16.8. The summed E-state index contributed by atoms with van der Waals surface area (Å²) in [5, 5.41) is 6.92. The average molecular weight is 559 g/mol. The van der Waals surface area contributed by atoms with E-state index in [-0.39, 0.29) is 39.0 Å². The van der Waals surface area contributed by atoms with Gasteiger partial charge in [-0.2, -0.15) is 0 Å². The van der Waals surface area contributed by atoms with E-state index in [1.807, 2.05) is 0 Å². The van der Waals surface area contributed by atoms with Crippen molar-refractivity contribution in [2.45, 2.75) is 31.0 Å². The van der Waals surface area contributed by atoms with Gasteiger partial charge in [0.15, 0.2) is 0 Å². The Morgan fingerprint density at radius 3 is 1.94 bits per heavy atom. The first kappa shape index (κ1) is 26.0. The molecule has 2 saturated heterocycles. The first-order valence-corrected chi connectivity index (χ1v) is 12.5. The first-order valence-electron chi connectivity index (χ1n) is 11.0. The summed E-state index contributed by atoms with van der Waals surface area (Å²) in [4.78, 5) is 40.3. The standard InChI is InChI=1S/C23H23Cl4N5O3/c24-13-3-1-4-14(25)18(13)21(33)30-17-11-28-31-20(17)22(34)29-12-7-9-32(10-8-12)23(35)19-15(26)5-2-6-16(19)27/h1-6,12,17,20,28,31H,7-11H2,(H,29,34)(H,30,33). The molecule has 0 spiro atoms. The molecule has 0 aliphatic carbocycles. The molecular weight excluding hydrogens is 536 g/mol. The molecule has 8 nitrogen and oxygen atoms in total. The third-order valence-corrected chi connectivity index (χ3v) is 7.34. The molecule has 0 aromatic heterocycles. The number of carbonyl (C=O) groups excluding carboxylic acids is 3. The molecule has 2 unspecified atom stereocenters. The second-order valence-electron chi connectivity index (χ2n) is 8.35. The third kappa shape index (κ3) is 5.85. The van der Waals surface area contributed by atoms with Gasteiger partial charge in [0.1, 0.15) is 6.04 Å². The summed E-state index contributed by atoms with van der Waals surface area (Å²) in [5.74, 6) is -0.948. The van der Waals surface area contributed by atoms with Gasteiger partial charge in [0.2, 0.25) is 5.91 Å². The second kappa shape index (κ2) is 11.3. The van der Waals surface area contributed by atoms with Crippen LogP contribution in [0.25, 0.3) is 0 Å². The topological polar surface area (TPSA) is 103 Å². The Morgan fingerprint density at radius 1 is 0.829 bits per heavy atom. The van der Waals surface area contributed by atoms with Gasteiger partial charge in [-0.15, -0.1) is 0 Å². The maximum atomic E-state index is 13.0. The Labute approximate surface area is 222 Å². The van der Waals surface area contributed by atoms with E-state index in [4.69, 9.17) is 46.4 Å². The van der Waals surface area contributed by atoms with E-state index in [9.17, 15) is 14.4 Å². The maximum absolute atomic E-state index is 13.0. The quantitative estimate of drug-likeness (QED) is 0.451. The van der Waals surface area contributed by atoms with Crippen LogP contribution in [0.5, 0.6) is 0 Å². The Morgan fingerprint density at radius 2 is 1.37 bits per heavy atom. The molecule has 2 aliphatic rings. The van der Waals surface area contributed by atoms with E-state index in [2.05, 4.69) is 21.5 Å². The van der Waals surface area contributed by atoms with E-state index in [1.165, 1.54) is 0 Å². The van der Waals surface area contributed by atoms with Crippen LogP contribution in [0.4, 0.5) is 0 Å². The van der Waals surface area contributed by atoms with Crippen LogP contribution in [0, 0.1) is 0 Å². The lowest BCUT2D eigenvalue weighted by Gasteiger charge is -2.33. The lowest BCUT2D eigenvalue weighted by Crippen LogP contribution is -2.56. The Hall–Kier alpha value is -2.07. The van der Waals surface area contributed by atoms with Gasteiger partial charge in [0.05, 0.1) is 37.3 Å². The SMILES string of the molecule is O=C(NC1CNNC1C(=O)NC1CCN(C(=O)c2c(Cl)cccc2Cl)CC1)c1c(Cl)cccc1Cl. The van der Waals surface area contributed by atoms with Gasteiger partial charge in [-0.25, -0.2) is 5.43 Å². The van der Waals surface area contributed by atoms with Crippen LogP contribution >= 0.6 is 46.4 Å². The van der Waals surface area contributed by atoms with Crippen molar-refractivity contribution in [1.82, 2.24) is 26.4 Å². The van der Waals surface area contributed by atoms with Crippen molar-refractivity contribution in [3.63, 3.8) is 0 Å². The number of likely N-dealkylation sites (tertiary alicyclic amines) is 1. The molecule has 0 radical (unpaired) electrons. The smallest absolute Gasteiger partial charge is 0.256 e. The van der Waals surface area contributed by atoms with E-state index in [0.29, 0.717) is 42.5 Å². The predicted octanol–water partition coefficient (Wildman–Crippen LogP) is 3.30. The monoisotopic (exact) mass is 557 g/mol. The zero-order valence-electron chi connectivity index (χ0n) is 18.4. The number of hydrogen-bond acceptors (Lipinski definition) is 5. The van der Waals surface area contributed by atoms with Crippen molar-refractivity contribution < 1.29 is 14.4 Å². The minimum Gasteiger partial charge on any atom is -0.352 e. The van der Waals surface area contributed by atoms with Crippen LogP contribution in [-0.4, -0.2) is 60.4 Å². The predicted molar refractivity (Wildman–Crippen MR) is 136 cm³/mol. The van der Waals surface area contributed by atoms with E-state index >= 15 is 0 Å². The summed E-state index contributed by atoms with van der Waals surface area (Å²) in [5.41, 5.74) is 6.27. The van der Waals surface area contributed by atoms with Crippen LogP contribution in [-0.2, 0) is 4.79 Å². The number of nitrogens with zero attached hydrogens (tertiary/aromatic N) is 1. The third-order valence-electron chi connectivity index (χ3n) is 6.08. The van der Waals surface area contributed by atoms with Crippen LogP contribution < -0.4 is 21.5 Å². The molecule has 3 amide bonds. The highest BCUT2D eigenvalue weighted by Crippen LogP contribution is 2.27. The zero-order chi connectivity index (χ0) is 25.1. The van der Waals surface area contributed by atoms with Crippen molar-refractivity contribution >= 4 is 64.1 Å². The van der Waals surface area contributed by atoms with Gasteiger partial charge in [-0.1, -0.05) is 58.5 Å². The number of hydrogen-bond donors (Lipinski definition) is 4. The fourth-order valence-electron chi connectivity index (χ4n) is 4.21. The molecule has 2 aliphatic heterocycles. The normalized spacial score (nSPS) is 20.5. The maximum Gasteiger partial charge on any atom is 0.256 e. The number of rotatable bonds is 5. The lowest BCUT2D eigenvalue weighted by molar-refractivity contribution is -0.124. The summed E-state index contributed by atoms with van der Waals surface area (Å²) in [6.07, 6.45) is 1.15. The molecular formula is C23H23Cl4N5O3. The van der Waals surface area contributed by atoms with Gasteiger partial charge >= 0.3 is 0 Å². The van der Waals surface area contributed by atoms with Gasteiger partial charge in [-0.05, 0) is 37.1 Å². The van der Waals surface area contributed by atoms with Crippen LogP contribution in [0.1, 0.15) is 33.6 Å². The van der Waals surface area contributed by atoms with E-state index < -0.39 is 18.0 Å². The zero-order valence-corrected chi connectivity index (χ0v) is 21.4. The number of carbonyl (C=O) groups is 3. The Balaban J connectivity index is 1.32. The summed E-state index contributed by atoms with van der Waals surface area (Å²) >= 11 is 24.6. The minimum absolute atomic E-state index is 0.120. The minimum atomic E-state index is -0.693. The molecule has 2 heterocycles. The molecule has 0 bridgehead atoms. The molecule has 186 valence electrons. The molecule has 35 heavy (non-hydrogen) atoms. The van der Waals surface area contributed by atoms with Crippen molar-refractivity contribution in [2.75, 3.05) is 19.6 Å². The summed E-state index contributed by atoms with van der Waals surface area (Å²) < 4.78 is 0. The van der Waals surface area contributed by atoms with Gasteiger partial charge in [-0.3, -0.25) is 19.8 Å². The van der Waals surface area contributed by atoms with E-state index in [0.717, 1.165) is 0 Å². The van der Waals surface area contributed by atoms with Crippen LogP contribution in [0.2, 0.25) is 20.1 Å². The molecule has 2 aromatic rings. The Kier molecular flexibility index (Phi) is 8.42. The molecule has 2 atom stereocenters. The summed E-state index contributed by atoms with van der Waals surface area (Å²) in [6.45, 7) is 1.25. The largest absolute Gasteiger partial charge is 0.352 e. The van der Waals surface area contributed by atoms with Crippen molar-refractivity contribution in [3.05, 3.63) is 67.6 Å². The number of amides is 3. The molecule has 4 N–H and O–H groups in total. The van der Waals surface area contributed by atoms with Crippen LogP contribution in [0.3, 0.4) is 0 Å². The number of hydrazine groups is 1. The second-order valence-corrected chi connectivity index (χ2v) is 9.98. The van der Waals surface area contributed by atoms with Gasteiger partial charge in [0.25, 0.3) is 11.8 Å². The molecule has 2 aromatic carbocycles. The highest BCUT2D eigenvalue weighted by molar-refractivity contribution is 6.40. The number of benzene rings is 2. The number of nitrogens with one attached hydrogen (secondary N) is 4. The molecule has 12 heteroatoms. The highest BCUT2D eigenvalue weighted by Gasteiger charge is 2.36. The lowest BCUT2D eigenvalue weighted by atomic mass is 10.0. The average Bonchev–Trinajstić information content (AvgIpc) is 3.27. The molecule has 0 saturated carbocycles. The number of halogens is 4. The Bertz CT molecular complexity index is 1100. The van der Waals surface area contributed by atoms with Gasteiger partial charge < -0.3 is 15.5 Å². The van der Waals surface area contributed by atoms with Crippen molar-refractivity contribution in [2.24, 2.45) is 0 Å². The van der Waals surface area contributed by atoms with Gasteiger partial charge in [0, 0.05) is 25.7 Å². The van der Waals surface area contributed by atoms with Crippen molar-refractivity contribution in [1.29, 1.82) is 0 Å². The molecule has 4 rings (SSSR count). The summed E-state index contributed by atoms with van der Waals surface area (Å²) in [6, 6.07) is 8.43. The summed E-state index contributed by atoms with van der Waals surface area (Å²) in [7, 11) is 0. The highest BCUT2D eigenvalue weighted by atomic mass is 35.5. The fraction of sp³-hybridized carbons (Fsp3) is 0.348. The fourth-order valence-corrected chi connectivity index (χ4v) is 5.34. The van der Waals surface area contributed by atoms with E-state index in [1.54, 1.807) is 41.3 Å². The molecule has 2 fully saturated rings.